The average Bonchev–Trinajstić information content (AvgIpc) is 3.10. The highest BCUT2D eigenvalue weighted by atomic mass is 32.2. The topological polar surface area (TPSA) is 72.7 Å². The van der Waals surface area contributed by atoms with Crippen LogP contribution in [0.1, 0.15) is 31.0 Å². The van der Waals surface area contributed by atoms with E-state index in [4.69, 9.17) is 0 Å². The predicted octanol–water partition coefficient (Wildman–Crippen LogP) is 3.64. The lowest BCUT2D eigenvalue weighted by Crippen LogP contribution is -2.28. The summed E-state index contributed by atoms with van der Waals surface area (Å²) in [6.07, 6.45) is 3.48. The third-order valence-electron chi connectivity index (χ3n) is 4.31. The van der Waals surface area contributed by atoms with Gasteiger partial charge in [-0.1, -0.05) is 42.1 Å². The predicted molar refractivity (Wildman–Crippen MR) is 107 cm³/mol. The van der Waals surface area contributed by atoms with E-state index in [-0.39, 0.29) is 17.7 Å². The van der Waals surface area contributed by atoms with Crippen LogP contribution in [-0.2, 0) is 11.3 Å². The van der Waals surface area contributed by atoms with E-state index in [1.165, 1.54) is 11.8 Å². The van der Waals surface area contributed by atoms with Crippen LogP contribution in [0.2, 0.25) is 0 Å². The number of carbonyl (C=O) groups excluding carboxylic acids is 1. The van der Waals surface area contributed by atoms with E-state index in [2.05, 4.69) is 40.4 Å². The molecule has 140 valence electrons. The molecule has 0 saturated heterocycles. The molecule has 1 N–H and O–H groups in total. The maximum absolute atomic E-state index is 12.3. The molecule has 6 nitrogen and oxygen atoms in total. The Bertz CT molecular complexity index is 910. The van der Waals surface area contributed by atoms with Crippen molar-refractivity contribution in [2.24, 2.45) is 0 Å². The Hall–Kier alpha value is -2.67. The molecule has 0 radical (unpaired) electrons. The highest BCUT2D eigenvalue weighted by molar-refractivity contribution is 7.99. The Morgan fingerprint density at radius 1 is 1.22 bits per heavy atom. The molecule has 1 atom stereocenters. The molecule has 2 aromatic heterocycles. The molecule has 3 aromatic rings. The first kappa shape index (κ1) is 19.1. The van der Waals surface area contributed by atoms with Gasteiger partial charge in [0.25, 0.3) is 0 Å². The molecule has 0 aliphatic carbocycles. The van der Waals surface area contributed by atoms with Gasteiger partial charge < -0.3 is 9.88 Å². The molecule has 0 fully saturated rings. The Labute approximate surface area is 163 Å². The van der Waals surface area contributed by atoms with Crippen molar-refractivity contribution in [3.8, 4) is 11.4 Å². The summed E-state index contributed by atoms with van der Waals surface area (Å²) in [7, 11) is 0. The number of amides is 1. The second kappa shape index (κ2) is 8.81. The zero-order valence-electron chi connectivity index (χ0n) is 15.7. The van der Waals surface area contributed by atoms with Crippen molar-refractivity contribution in [2.45, 2.75) is 38.5 Å². The summed E-state index contributed by atoms with van der Waals surface area (Å²) in [6.45, 7) is 6.81. The van der Waals surface area contributed by atoms with Crippen LogP contribution in [0.15, 0.2) is 53.9 Å². The molecule has 2 heterocycles. The first-order chi connectivity index (χ1) is 13.1. The summed E-state index contributed by atoms with van der Waals surface area (Å²) < 4.78 is 2.05. The zero-order valence-corrected chi connectivity index (χ0v) is 16.5. The second-order valence-electron chi connectivity index (χ2n) is 6.23. The van der Waals surface area contributed by atoms with Gasteiger partial charge in [0.05, 0.1) is 11.8 Å². The van der Waals surface area contributed by atoms with Crippen LogP contribution < -0.4 is 5.32 Å². The molecule has 0 aliphatic heterocycles. The van der Waals surface area contributed by atoms with Crippen molar-refractivity contribution in [3.05, 3.63) is 59.9 Å². The number of pyridine rings is 1. The number of hydrogen-bond donors (Lipinski definition) is 1. The highest BCUT2D eigenvalue weighted by Crippen LogP contribution is 2.26. The average molecular weight is 382 g/mol. The van der Waals surface area contributed by atoms with Crippen LogP contribution in [0.5, 0.6) is 0 Å². The van der Waals surface area contributed by atoms with Gasteiger partial charge in [0, 0.05) is 24.5 Å². The number of carbonyl (C=O) groups is 1. The van der Waals surface area contributed by atoms with Gasteiger partial charge in [-0.05, 0) is 38.0 Å². The van der Waals surface area contributed by atoms with Crippen molar-refractivity contribution in [1.29, 1.82) is 0 Å². The molecule has 1 unspecified atom stereocenters. The first-order valence-corrected chi connectivity index (χ1v) is 9.90. The number of benzene rings is 1. The maximum Gasteiger partial charge on any atom is 0.230 e. The van der Waals surface area contributed by atoms with Crippen molar-refractivity contribution in [2.75, 3.05) is 5.75 Å². The molecule has 3 rings (SSSR count). The molecular weight excluding hydrogens is 358 g/mol. The fourth-order valence-corrected chi connectivity index (χ4v) is 3.65. The van der Waals surface area contributed by atoms with Gasteiger partial charge in [-0.25, -0.2) is 0 Å². The molecular formula is C20H23N5OS. The molecule has 0 saturated carbocycles. The quantitative estimate of drug-likeness (QED) is 0.633. The van der Waals surface area contributed by atoms with E-state index >= 15 is 0 Å². The Morgan fingerprint density at radius 3 is 2.74 bits per heavy atom. The number of nitrogens with one attached hydrogen (secondary N) is 1. The highest BCUT2D eigenvalue weighted by Gasteiger charge is 2.16. The molecule has 1 aromatic carbocycles. The third kappa shape index (κ3) is 4.54. The second-order valence-corrected chi connectivity index (χ2v) is 7.17. The summed E-state index contributed by atoms with van der Waals surface area (Å²) in [6, 6.07) is 11.8. The number of hydrogen-bond acceptors (Lipinski definition) is 5. The van der Waals surface area contributed by atoms with Crippen molar-refractivity contribution in [3.63, 3.8) is 0 Å². The van der Waals surface area contributed by atoms with E-state index in [0.717, 1.165) is 34.2 Å². The van der Waals surface area contributed by atoms with Gasteiger partial charge >= 0.3 is 0 Å². The standard InChI is InChI=1S/C20H23N5OS/c1-4-25-19(17-10-6-5-8-14(17)2)23-24-20(25)27-13-18(26)22-15(3)16-9-7-11-21-12-16/h5-12,15H,4,13H2,1-3H3,(H,22,26). The van der Waals surface area contributed by atoms with Gasteiger partial charge in [-0.15, -0.1) is 10.2 Å². The fourth-order valence-electron chi connectivity index (χ4n) is 2.83. The van der Waals surface area contributed by atoms with Crippen LogP contribution in [-0.4, -0.2) is 31.4 Å². The fraction of sp³-hybridized carbons (Fsp3) is 0.300. The molecule has 1 amide bonds. The summed E-state index contributed by atoms with van der Waals surface area (Å²) >= 11 is 1.40. The van der Waals surface area contributed by atoms with Gasteiger partial charge in [-0.3, -0.25) is 9.78 Å². The van der Waals surface area contributed by atoms with E-state index in [0.29, 0.717) is 0 Å². The Morgan fingerprint density at radius 2 is 2.04 bits per heavy atom. The Balaban J connectivity index is 1.66. The third-order valence-corrected chi connectivity index (χ3v) is 5.28. The lowest BCUT2D eigenvalue weighted by atomic mass is 10.1. The maximum atomic E-state index is 12.3. The van der Waals surface area contributed by atoms with Crippen LogP contribution in [0, 0.1) is 6.92 Å². The molecule has 7 heteroatoms. The number of thioether (sulfide) groups is 1. The van der Waals surface area contributed by atoms with Gasteiger partial charge in [-0.2, -0.15) is 0 Å². The van der Waals surface area contributed by atoms with Gasteiger partial charge in [0.15, 0.2) is 11.0 Å². The minimum absolute atomic E-state index is 0.0422. The summed E-state index contributed by atoms with van der Waals surface area (Å²) in [5.41, 5.74) is 3.20. The van der Waals surface area contributed by atoms with Crippen LogP contribution in [0.3, 0.4) is 0 Å². The molecule has 27 heavy (non-hydrogen) atoms. The van der Waals surface area contributed by atoms with Crippen LogP contribution in [0.25, 0.3) is 11.4 Å². The van der Waals surface area contributed by atoms with Crippen molar-refractivity contribution >= 4 is 17.7 Å². The number of rotatable bonds is 7. The van der Waals surface area contributed by atoms with Crippen molar-refractivity contribution in [1.82, 2.24) is 25.1 Å². The smallest absolute Gasteiger partial charge is 0.230 e. The summed E-state index contributed by atoms with van der Waals surface area (Å²) in [5.74, 6) is 1.08. The normalized spacial score (nSPS) is 12.0. The van der Waals surface area contributed by atoms with Crippen molar-refractivity contribution < 1.29 is 4.79 Å². The zero-order chi connectivity index (χ0) is 19.2. The lowest BCUT2D eigenvalue weighted by molar-refractivity contribution is -0.119. The minimum Gasteiger partial charge on any atom is -0.349 e. The molecule has 0 aliphatic rings. The number of aryl methyl sites for hydroxylation is 1. The van der Waals surface area contributed by atoms with E-state index < -0.39 is 0 Å². The van der Waals surface area contributed by atoms with E-state index in [1.807, 2.05) is 41.8 Å². The Kier molecular flexibility index (Phi) is 6.24. The minimum atomic E-state index is -0.0848. The van der Waals surface area contributed by atoms with Crippen LogP contribution >= 0.6 is 11.8 Å². The monoisotopic (exact) mass is 381 g/mol. The van der Waals surface area contributed by atoms with E-state index in [1.54, 1.807) is 12.4 Å². The molecule has 0 spiro atoms. The number of nitrogens with zero attached hydrogens (tertiary/aromatic N) is 4. The summed E-state index contributed by atoms with van der Waals surface area (Å²) in [5, 5.41) is 12.4. The lowest BCUT2D eigenvalue weighted by Gasteiger charge is -2.13. The largest absolute Gasteiger partial charge is 0.349 e. The van der Waals surface area contributed by atoms with E-state index in [9.17, 15) is 4.79 Å². The molecule has 0 bridgehead atoms. The number of aromatic nitrogens is 4. The van der Waals surface area contributed by atoms with Gasteiger partial charge in [0.2, 0.25) is 5.91 Å². The van der Waals surface area contributed by atoms with Gasteiger partial charge in [0.1, 0.15) is 0 Å². The summed E-state index contributed by atoms with van der Waals surface area (Å²) in [4.78, 5) is 16.4. The first-order valence-electron chi connectivity index (χ1n) is 8.91. The van der Waals surface area contributed by atoms with Crippen LogP contribution in [0.4, 0.5) is 0 Å². The SMILES string of the molecule is CCn1c(SCC(=O)NC(C)c2cccnc2)nnc1-c1ccccc1C.